The van der Waals surface area contributed by atoms with E-state index in [0.717, 1.165) is 0 Å². The van der Waals surface area contributed by atoms with E-state index in [-0.39, 0.29) is 5.48 Å². The van der Waals surface area contributed by atoms with Crippen molar-refractivity contribution in [3.05, 3.63) is 35.9 Å². The second-order valence-corrected chi connectivity index (χ2v) is 8.32. The van der Waals surface area contributed by atoms with Gasteiger partial charge in [0.25, 0.3) is 0 Å². The van der Waals surface area contributed by atoms with Crippen molar-refractivity contribution in [3.63, 3.8) is 0 Å². The fourth-order valence-corrected chi connectivity index (χ4v) is 4.04. The van der Waals surface area contributed by atoms with Gasteiger partial charge in [0.1, 0.15) is 0 Å². The topological polar surface area (TPSA) is 34.7 Å². The van der Waals surface area contributed by atoms with Crippen LogP contribution in [0.4, 0.5) is 0 Å². The number of hydrogen-bond acceptors (Lipinski definition) is 1. The molecule has 0 aliphatic carbocycles. The molecular weight excluding hydrogens is 342 g/mol. The van der Waals surface area contributed by atoms with E-state index < -0.39 is 0 Å². The van der Waals surface area contributed by atoms with Crippen LogP contribution in [0.25, 0.3) is 0 Å². The maximum atomic E-state index is 2.65. The van der Waals surface area contributed by atoms with Gasteiger partial charge in [-0.3, -0.25) is 0 Å². The van der Waals surface area contributed by atoms with E-state index in [0.29, 0.717) is 0 Å². The normalized spacial score (nSPS) is 11.0. The average molecular weight is 392 g/mol. The SMILES string of the molecule is CCCN(CCC)CCCCCCCCCCCCCCc1ccccc1.O. The first-order valence-electron chi connectivity index (χ1n) is 12.1. The van der Waals surface area contributed by atoms with Gasteiger partial charge in [-0.15, -0.1) is 0 Å². The molecule has 0 spiro atoms. The molecule has 2 N–H and O–H groups in total. The molecule has 0 aromatic heterocycles. The Morgan fingerprint density at radius 2 is 0.964 bits per heavy atom. The van der Waals surface area contributed by atoms with Crippen LogP contribution in [0, 0.1) is 0 Å². The standard InChI is InChI=1S/C26H47N.H2O/c1-3-23-27(24-4-2)25-19-14-12-10-8-6-5-7-9-11-13-16-20-26-21-17-15-18-22-26;/h15,17-18,21-22H,3-14,16,19-20,23-25H2,1-2H3;1H2. The van der Waals surface area contributed by atoms with Gasteiger partial charge in [0.2, 0.25) is 0 Å². The minimum absolute atomic E-state index is 0. The number of aryl methyl sites for hydroxylation is 1. The molecule has 1 rings (SSSR count). The average Bonchev–Trinajstić information content (AvgIpc) is 2.69. The molecule has 164 valence electrons. The summed E-state index contributed by atoms with van der Waals surface area (Å²) in [5.41, 5.74) is 1.50. The first-order valence-corrected chi connectivity index (χ1v) is 12.1. The van der Waals surface area contributed by atoms with E-state index in [1.54, 1.807) is 0 Å². The third-order valence-corrected chi connectivity index (χ3v) is 5.61. The summed E-state index contributed by atoms with van der Waals surface area (Å²) < 4.78 is 0. The molecule has 28 heavy (non-hydrogen) atoms. The molecule has 0 radical (unpaired) electrons. The van der Waals surface area contributed by atoms with Crippen LogP contribution < -0.4 is 0 Å². The summed E-state index contributed by atoms with van der Waals surface area (Å²) in [6, 6.07) is 10.9. The Bertz CT molecular complexity index is 400. The fraction of sp³-hybridized carbons (Fsp3) is 0.769. The molecular formula is C26H49NO. The van der Waals surface area contributed by atoms with Crippen molar-refractivity contribution in [2.45, 2.75) is 110 Å². The monoisotopic (exact) mass is 391 g/mol. The molecule has 0 atom stereocenters. The second-order valence-electron chi connectivity index (χ2n) is 8.32. The zero-order valence-corrected chi connectivity index (χ0v) is 19.1. The number of benzene rings is 1. The highest BCUT2D eigenvalue weighted by molar-refractivity contribution is 5.14. The van der Waals surface area contributed by atoms with Crippen LogP contribution in [0.2, 0.25) is 0 Å². The molecule has 0 saturated heterocycles. The van der Waals surface area contributed by atoms with Gasteiger partial charge in [0, 0.05) is 0 Å². The number of nitrogens with zero attached hydrogens (tertiary/aromatic N) is 1. The van der Waals surface area contributed by atoms with Crippen molar-refractivity contribution in [2.24, 2.45) is 0 Å². The number of hydrogen-bond donors (Lipinski definition) is 0. The molecule has 0 unspecified atom stereocenters. The van der Waals surface area contributed by atoms with Gasteiger partial charge in [-0.25, -0.2) is 0 Å². The number of rotatable bonds is 19. The Balaban J connectivity index is 0.00000729. The molecule has 1 aromatic carbocycles. The molecule has 2 heteroatoms. The zero-order chi connectivity index (χ0) is 19.4. The summed E-state index contributed by atoms with van der Waals surface area (Å²) in [7, 11) is 0. The first-order chi connectivity index (χ1) is 13.4. The van der Waals surface area contributed by atoms with Crippen LogP contribution in [0.1, 0.15) is 109 Å². The van der Waals surface area contributed by atoms with Crippen molar-refractivity contribution < 1.29 is 5.48 Å². The van der Waals surface area contributed by atoms with E-state index >= 15 is 0 Å². The highest BCUT2D eigenvalue weighted by atomic mass is 16.0. The summed E-state index contributed by atoms with van der Waals surface area (Å²) >= 11 is 0. The Morgan fingerprint density at radius 3 is 1.43 bits per heavy atom. The molecule has 0 aliphatic heterocycles. The predicted molar refractivity (Wildman–Crippen MR) is 126 cm³/mol. The molecule has 0 amide bonds. The molecule has 1 aromatic rings. The smallest absolute Gasteiger partial charge is 0.00187 e. The quantitative estimate of drug-likeness (QED) is 0.229. The van der Waals surface area contributed by atoms with Gasteiger partial charge in [0.05, 0.1) is 0 Å². The van der Waals surface area contributed by atoms with Crippen LogP contribution in [0.3, 0.4) is 0 Å². The maximum Gasteiger partial charge on any atom is -0.00187 e. The largest absolute Gasteiger partial charge is 0.412 e. The van der Waals surface area contributed by atoms with E-state index in [9.17, 15) is 0 Å². The summed E-state index contributed by atoms with van der Waals surface area (Å²) in [6.07, 6.45) is 21.1. The maximum absolute atomic E-state index is 2.65. The summed E-state index contributed by atoms with van der Waals surface area (Å²) in [5, 5.41) is 0. The van der Waals surface area contributed by atoms with Crippen LogP contribution in [0.15, 0.2) is 30.3 Å². The summed E-state index contributed by atoms with van der Waals surface area (Å²) in [6.45, 7) is 8.51. The zero-order valence-electron chi connectivity index (χ0n) is 19.1. The van der Waals surface area contributed by atoms with E-state index in [1.807, 2.05) is 0 Å². The van der Waals surface area contributed by atoms with Crippen LogP contribution in [0.5, 0.6) is 0 Å². The molecule has 0 fully saturated rings. The molecule has 0 bridgehead atoms. The Hall–Kier alpha value is -0.860. The van der Waals surface area contributed by atoms with Crippen molar-refractivity contribution in [2.75, 3.05) is 19.6 Å². The van der Waals surface area contributed by atoms with Gasteiger partial charge in [-0.1, -0.05) is 108 Å². The van der Waals surface area contributed by atoms with Crippen LogP contribution >= 0.6 is 0 Å². The first kappa shape index (κ1) is 27.1. The lowest BCUT2D eigenvalue weighted by atomic mass is 10.0. The summed E-state index contributed by atoms with van der Waals surface area (Å²) in [4.78, 5) is 2.65. The van der Waals surface area contributed by atoms with Gasteiger partial charge in [0.15, 0.2) is 0 Å². The van der Waals surface area contributed by atoms with Gasteiger partial charge in [-0.2, -0.15) is 0 Å². The lowest BCUT2D eigenvalue weighted by Gasteiger charge is -2.20. The second kappa shape index (κ2) is 20.9. The minimum atomic E-state index is 0. The highest BCUT2D eigenvalue weighted by Gasteiger charge is 2.01. The van der Waals surface area contributed by atoms with Crippen LogP contribution in [-0.2, 0) is 6.42 Å². The highest BCUT2D eigenvalue weighted by Crippen LogP contribution is 2.13. The third-order valence-electron chi connectivity index (χ3n) is 5.61. The lowest BCUT2D eigenvalue weighted by Crippen LogP contribution is -2.26. The molecule has 0 saturated carbocycles. The van der Waals surface area contributed by atoms with Crippen LogP contribution in [-0.4, -0.2) is 30.0 Å². The molecule has 2 nitrogen and oxygen atoms in total. The Morgan fingerprint density at radius 1 is 0.536 bits per heavy atom. The van der Waals surface area contributed by atoms with Crippen molar-refractivity contribution in [1.29, 1.82) is 0 Å². The van der Waals surface area contributed by atoms with E-state index in [2.05, 4.69) is 49.1 Å². The summed E-state index contributed by atoms with van der Waals surface area (Å²) in [5.74, 6) is 0. The van der Waals surface area contributed by atoms with E-state index in [1.165, 1.54) is 122 Å². The Labute approximate surface area is 176 Å². The van der Waals surface area contributed by atoms with Gasteiger partial charge in [-0.05, 0) is 57.3 Å². The lowest BCUT2D eigenvalue weighted by molar-refractivity contribution is 0.267. The fourth-order valence-electron chi connectivity index (χ4n) is 4.04. The number of unbranched alkanes of at least 4 members (excludes halogenated alkanes) is 11. The van der Waals surface area contributed by atoms with Crippen molar-refractivity contribution in [1.82, 2.24) is 4.90 Å². The van der Waals surface area contributed by atoms with Crippen molar-refractivity contribution >= 4 is 0 Å². The van der Waals surface area contributed by atoms with Gasteiger partial charge >= 0.3 is 0 Å². The van der Waals surface area contributed by atoms with E-state index in [4.69, 9.17) is 0 Å². The predicted octanol–water partition coefficient (Wildman–Crippen LogP) is 7.21. The van der Waals surface area contributed by atoms with Gasteiger partial charge < -0.3 is 10.4 Å². The Kier molecular flexibility index (Phi) is 20.2. The van der Waals surface area contributed by atoms with Crippen molar-refractivity contribution in [3.8, 4) is 0 Å². The third kappa shape index (κ3) is 16.1. The molecule has 0 aliphatic rings. The molecule has 0 heterocycles. The minimum Gasteiger partial charge on any atom is -0.412 e.